The largest absolute Gasteiger partial charge is 0.287 e. The van der Waals surface area contributed by atoms with Gasteiger partial charge in [0.2, 0.25) is 0 Å². The van der Waals surface area contributed by atoms with Gasteiger partial charge in [-0.25, -0.2) is 0 Å². The SMILES string of the molecule is C/N=C(/c1ccc(Br)cc1)c1cccc(/C(=N/C)c2ccc(Br)cc2)c1. The second-order valence-corrected chi connectivity index (χ2v) is 7.57. The molecular weight excluding hydrogens is 452 g/mol. The fourth-order valence-corrected chi connectivity index (χ4v) is 3.41. The first-order valence-corrected chi connectivity index (χ1v) is 9.77. The summed E-state index contributed by atoms with van der Waals surface area (Å²) in [6.45, 7) is 0. The molecule has 130 valence electrons. The summed E-state index contributed by atoms with van der Waals surface area (Å²) in [6, 6.07) is 24.8. The molecule has 0 aromatic heterocycles. The van der Waals surface area contributed by atoms with Crippen molar-refractivity contribution in [3.63, 3.8) is 0 Å². The number of benzene rings is 3. The second kappa shape index (κ2) is 8.56. The van der Waals surface area contributed by atoms with Crippen LogP contribution in [-0.2, 0) is 0 Å². The predicted octanol–water partition coefficient (Wildman–Crippen LogP) is 6.15. The van der Waals surface area contributed by atoms with Gasteiger partial charge in [0.05, 0.1) is 11.4 Å². The van der Waals surface area contributed by atoms with Crippen molar-refractivity contribution in [1.82, 2.24) is 0 Å². The Hall–Kier alpha value is -2.04. The van der Waals surface area contributed by atoms with Gasteiger partial charge in [-0.3, -0.25) is 9.98 Å². The zero-order chi connectivity index (χ0) is 18.5. The lowest BCUT2D eigenvalue weighted by Gasteiger charge is -2.11. The number of hydrogen-bond donors (Lipinski definition) is 0. The molecule has 0 heterocycles. The number of rotatable bonds is 4. The lowest BCUT2D eigenvalue weighted by Crippen LogP contribution is -2.07. The van der Waals surface area contributed by atoms with Crippen molar-refractivity contribution < 1.29 is 0 Å². The molecule has 0 fully saturated rings. The van der Waals surface area contributed by atoms with E-state index in [2.05, 4.69) is 90.4 Å². The first-order valence-electron chi connectivity index (χ1n) is 8.18. The summed E-state index contributed by atoms with van der Waals surface area (Å²) in [5.74, 6) is 0. The van der Waals surface area contributed by atoms with Crippen LogP contribution in [0.1, 0.15) is 22.3 Å². The van der Waals surface area contributed by atoms with Crippen LogP contribution in [0.3, 0.4) is 0 Å². The van der Waals surface area contributed by atoms with Crippen LogP contribution in [0.4, 0.5) is 0 Å². The molecule has 0 N–H and O–H groups in total. The van der Waals surface area contributed by atoms with Crippen LogP contribution in [0.2, 0.25) is 0 Å². The van der Waals surface area contributed by atoms with Crippen LogP contribution in [0, 0.1) is 0 Å². The number of nitrogens with zero attached hydrogens (tertiary/aromatic N) is 2. The number of aliphatic imine (C=N–C) groups is 2. The standard InChI is InChI=1S/C22H18Br2N2/c1-25-21(15-6-10-19(23)11-7-15)17-4-3-5-18(14-17)22(26-2)16-8-12-20(24)13-9-16/h3-14H,1-2H3/b25-21-,26-22+. The van der Waals surface area contributed by atoms with E-state index in [4.69, 9.17) is 0 Å². The minimum Gasteiger partial charge on any atom is -0.287 e. The van der Waals surface area contributed by atoms with E-state index < -0.39 is 0 Å². The first kappa shape index (κ1) is 18.7. The molecule has 0 aliphatic carbocycles. The molecule has 0 bridgehead atoms. The van der Waals surface area contributed by atoms with Crippen molar-refractivity contribution in [3.05, 3.63) is 104 Å². The minimum atomic E-state index is 0.964. The minimum absolute atomic E-state index is 0.964. The molecule has 0 atom stereocenters. The highest BCUT2D eigenvalue weighted by Gasteiger charge is 2.11. The maximum atomic E-state index is 4.52. The highest BCUT2D eigenvalue weighted by atomic mass is 79.9. The molecule has 0 radical (unpaired) electrons. The number of halogens is 2. The average molecular weight is 470 g/mol. The lowest BCUT2D eigenvalue weighted by atomic mass is 9.96. The summed E-state index contributed by atoms with van der Waals surface area (Å²) in [6.07, 6.45) is 0. The van der Waals surface area contributed by atoms with Crippen molar-refractivity contribution in [3.8, 4) is 0 Å². The van der Waals surface area contributed by atoms with E-state index in [-0.39, 0.29) is 0 Å². The average Bonchev–Trinajstić information content (AvgIpc) is 2.66. The summed E-state index contributed by atoms with van der Waals surface area (Å²) >= 11 is 6.97. The molecule has 26 heavy (non-hydrogen) atoms. The Morgan fingerprint density at radius 2 is 0.962 bits per heavy atom. The molecule has 3 aromatic rings. The monoisotopic (exact) mass is 468 g/mol. The van der Waals surface area contributed by atoms with Crippen molar-refractivity contribution in [1.29, 1.82) is 0 Å². The summed E-state index contributed by atoms with van der Waals surface area (Å²) < 4.78 is 2.11. The third-order valence-corrected chi connectivity index (χ3v) is 5.15. The van der Waals surface area contributed by atoms with Gasteiger partial charge in [-0.1, -0.05) is 74.3 Å². The molecule has 4 heteroatoms. The van der Waals surface area contributed by atoms with E-state index in [1.54, 1.807) is 0 Å². The first-order chi connectivity index (χ1) is 12.6. The molecule has 0 saturated carbocycles. The van der Waals surface area contributed by atoms with Crippen LogP contribution in [-0.4, -0.2) is 25.5 Å². The Morgan fingerprint density at radius 1 is 0.577 bits per heavy atom. The van der Waals surface area contributed by atoms with E-state index in [1.165, 1.54) is 0 Å². The highest BCUT2D eigenvalue weighted by Crippen LogP contribution is 2.19. The van der Waals surface area contributed by atoms with Crippen LogP contribution in [0.5, 0.6) is 0 Å². The quantitative estimate of drug-likeness (QED) is 0.409. The topological polar surface area (TPSA) is 24.7 Å². The third kappa shape index (κ3) is 4.19. The van der Waals surface area contributed by atoms with Crippen LogP contribution in [0.25, 0.3) is 0 Å². The Morgan fingerprint density at radius 3 is 1.31 bits per heavy atom. The predicted molar refractivity (Wildman–Crippen MR) is 118 cm³/mol. The van der Waals surface area contributed by atoms with Crippen molar-refractivity contribution in [2.45, 2.75) is 0 Å². The van der Waals surface area contributed by atoms with Gasteiger partial charge in [-0.15, -0.1) is 0 Å². The normalized spacial score (nSPS) is 12.3. The Labute approximate surface area is 171 Å². The second-order valence-electron chi connectivity index (χ2n) is 5.74. The summed E-state index contributed by atoms with van der Waals surface area (Å²) in [5, 5.41) is 0. The molecule has 0 aliphatic rings. The maximum absolute atomic E-state index is 4.52. The van der Waals surface area contributed by atoms with Gasteiger partial charge in [-0.05, 0) is 30.3 Å². The zero-order valence-electron chi connectivity index (χ0n) is 14.6. The maximum Gasteiger partial charge on any atom is 0.0715 e. The van der Waals surface area contributed by atoms with Crippen molar-refractivity contribution in [2.75, 3.05) is 14.1 Å². The number of hydrogen-bond acceptors (Lipinski definition) is 2. The highest BCUT2D eigenvalue weighted by molar-refractivity contribution is 9.10. The van der Waals surface area contributed by atoms with E-state index in [0.717, 1.165) is 42.6 Å². The molecular formula is C22H18Br2N2. The fourth-order valence-electron chi connectivity index (χ4n) is 2.88. The summed E-state index contributed by atoms with van der Waals surface area (Å²) in [4.78, 5) is 9.05. The van der Waals surface area contributed by atoms with E-state index in [1.807, 2.05) is 38.4 Å². The Balaban J connectivity index is 2.01. The molecule has 0 spiro atoms. The van der Waals surface area contributed by atoms with Gasteiger partial charge in [0.25, 0.3) is 0 Å². The molecule has 0 aliphatic heterocycles. The van der Waals surface area contributed by atoms with Gasteiger partial charge in [0.15, 0.2) is 0 Å². The Bertz CT molecular complexity index is 879. The Kier molecular flexibility index (Phi) is 6.17. The molecule has 3 aromatic carbocycles. The van der Waals surface area contributed by atoms with Gasteiger partial charge < -0.3 is 0 Å². The van der Waals surface area contributed by atoms with Gasteiger partial charge >= 0.3 is 0 Å². The van der Waals surface area contributed by atoms with Crippen LogP contribution >= 0.6 is 31.9 Å². The summed E-state index contributed by atoms with van der Waals surface area (Å²) in [7, 11) is 3.65. The van der Waals surface area contributed by atoms with E-state index >= 15 is 0 Å². The summed E-state index contributed by atoms with van der Waals surface area (Å²) in [5.41, 5.74) is 6.25. The molecule has 0 unspecified atom stereocenters. The molecule has 0 saturated heterocycles. The van der Waals surface area contributed by atoms with Gasteiger partial charge in [-0.2, -0.15) is 0 Å². The van der Waals surface area contributed by atoms with Crippen LogP contribution in [0.15, 0.2) is 91.7 Å². The van der Waals surface area contributed by atoms with E-state index in [9.17, 15) is 0 Å². The fraction of sp³-hybridized carbons (Fsp3) is 0.0909. The smallest absolute Gasteiger partial charge is 0.0715 e. The van der Waals surface area contributed by atoms with Gasteiger partial charge in [0, 0.05) is 45.3 Å². The molecule has 2 nitrogen and oxygen atoms in total. The van der Waals surface area contributed by atoms with E-state index in [0.29, 0.717) is 0 Å². The van der Waals surface area contributed by atoms with Crippen LogP contribution < -0.4 is 0 Å². The van der Waals surface area contributed by atoms with Crippen molar-refractivity contribution >= 4 is 43.3 Å². The van der Waals surface area contributed by atoms with Crippen molar-refractivity contribution in [2.24, 2.45) is 9.98 Å². The molecule has 0 amide bonds. The third-order valence-electron chi connectivity index (χ3n) is 4.09. The molecule has 3 rings (SSSR count). The zero-order valence-corrected chi connectivity index (χ0v) is 17.8. The van der Waals surface area contributed by atoms with Gasteiger partial charge in [0.1, 0.15) is 0 Å². The lowest BCUT2D eigenvalue weighted by molar-refractivity contribution is 1.39.